The number of ether oxygens (including phenoxy) is 2. The van der Waals surface area contributed by atoms with E-state index in [0.717, 1.165) is 24.0 Å². The Bertz CT molecular complexity index is 957. The molecule has 29 heavy (non-hydrogen) atoms. The maximum atomic E-state index is 11.8. The zero-order chi connectivity index (χ0) is 20.5. The van der Waals surface area contributed by atoms with Crippen molar-refractivity contribution in [2.45, 2.75) is 6.61 Å². The molecule has 0 aliphatic heterocycles. The fraction of sp³-hybridized carbons (Fsp3) is 0.0909. The minimum atomic E-state index is -0.322. The van der Waals surface area contributed by atoms with Gasteiger partial charge in [-0.2, -0.15) is 5.10 Å². The molecule has 0 spiro atoms. The van der Waals surface area contributed by atoms with Gasteiger partial charge in [-0.3, -0.25) is 4.79 Å². The second-order valence-electron chi connectivity index (χ2n) is 5.98. The molecule has 1 amide bonds. The third kappa shape index (κ3) is 7.00. The summed E-state index contributed by atoms with van der Waals surface area (Å²) in [6.45, 7) is 0.417. The number of para-hydroxylation sites is 1. The molecule has 3 aromatic carbocycles. The summed E-state index contributed by atoms with van der Waals surface area (Å²) < 4.78 is 13.3. The normalized spacial score (nSPS) is 10.7. The van der Waals surface area contributed by atoms with E-state index in [2.05, 4.69) is 55.7 Å². The molecule has 3 rings (SSSR count). The van der Waals surface area contributed by atoms with Crippen molar-refractivity contribution in [3.05, 3.63) is 91.1 Å². The van der Waals surface area contributed by atoms with Gasteiger partial charge in [-0.25, -0.2) is 5.43 Å². The van der Waals surface area contributed by atoms with E-state index in [4.69, 9.17) is 9.47 Å². The molecule has 148 valence electrons. The number of nitrogens with one attached hydrogen (secondary N) is 1. The number of nitrogens with zero attached hydrogens (tertiary/aromatic N) is 1. The van der Waals surface area contributed by atoms with Crippen LogP contribution in [0.2, 0.25) is 0 Å². The lowest BCUT2D eigenvalue weighted by Crippen LogP contribution is -2.24. The van der Waals surface area contributed by atoms with Crippen molar-refractivity contribution in [2.24, 2.45) is 5.10 Å². The van der Waals surface area contributed by atoms with E-state index in [-0.39, 0.29) is 12.5 Å². The molecule has 0 bridgehead atoms. The van der Waals surface area contributed by atoms with Crippen molar-refractivity contribution in [3.63, 3.8) is 0 Å². The van der Waals surface area contributed by atoms with Gasteiger partial charge in [0.1, 0.15) is 18.1 Å². The van der Waals surface area contributed by atoms with Gasteiger partial charge in [-0.15, -0.1) is 0 Å². The number of halogens is 2. The molecular formula is C22H18I2N2O3. The first kappa shape index (κ1) is 21.6. The average Bonchev–Trinajstić information content (AvgIpc) is 2.73. The highest BCUT2D eigenvalue weighted by Gasteiger charge is 2.09. The molecule has 0 radical (unpaired) electrons. The summed E-state index contributed by atoms with van der Waals surface area (Å²) >= 11 is 4.48. The first-order valence-corrected chi connectivity index (χ1v) is 10.9. The van der Waals surface area contributed by atoms with Gasteiger partial charge < -0.3 is 9.47 Å². The van der Waals surface area contributed by atoms with Gasteiger partial charge in [0.2, 0.25) is 0 Å². The second-order valence-corrected chi connectivity index (χ2v) is 8.31. The molecule has 7 heteroatoms. The first-order valence-electron chi connectivity index (χ1n) is 8.77. The largest absolute Gasteiger partial charge is 0.487 e. The summed E-state index contributed by atoms with van der Waals surface area (Å²) in [6, 6.07) is 23.1. The lowest BCUT2D eigenvalue weighted by Gasteiger charge is -2.11. The van der Waals surface area contributed by atoms with Gasteiger partial charge in [-0.05, 0) is 80.6 Å². The Kier molecular flexibility index (Phi) is 8.29. The van der Waals surface area contributed by atoms with E-state index in [1.54, 1.807) is 18.3 Å². The van der Waals surface area contributed by atoms with Gasteiger partial charge in [-0.1, -0.05) is 48.5 Å². The van der Waals surface area contributed by atoms with E-state index in [1.165, 1.54) is 0 Å². The molecule has 0 saturated carbocycles. The molecule has 0 heterocycles. The van der Waals surface area contributed by atoms with Crippen LogP contribution in [-0.4, -0.2) is 18.7 Å². The number of carbonyl (C=O) groups excluding carboxylic acids is 1. The highest BCUT2D eigenvalue weighted by Crippen LogP contribution is 2.29. The standard InChI is InChI=1S/C22H18I2N2O3/c23-19-11-17(12-20(24)22(19)29-14-16-7-3-1-4-8-16)13-25-26-21(27)15-28-18-9-5-2-6-10-18/h1-13H,14-15H2,(H,26,27)/b25-13-. The number of amides is 1. The number of rotatable bonds is 8. The molecule has 0 aromatic heterocycles. The maximum Gasteiger partial charge on any atom is 0.277 e. The lowest BCUT2D eigenvalue weighted by atomic mass is 10.2. The summed E-state index contributed by atoms with van der Waals surface area (Å²) in [4.78, 5) is 11.8. The minimum Gasteiger partial charge on any atom is -0.487 e. The Morgan fingerprint density at radius 3 is 2.21 bits per heavy atom. The van der Waals surface area contributed by atoms with E-state index >= 15 is 0 Å². The van der Waals surface area contributed by atoms with Crippen LogP contribution in [0.4, 0.5) is 0 Å². The van der Waals surface area contributed by atoms with Gasteiger partial charge in [0.25, 0.3) is 5.91 Å². The first-order chi connectivity index (χ1) is 14.1. The van der Waals surface area contributed by atoms with Crippen molar-refractivity contribution in [1.82, 2.24) is 5.43 Å². The van der Waals surface area contributed by atoms with Crippen molar-refractivity contribution in [1.29, 1.82) is 0 Å². The number of benzene rings is 3. The van der Waals surface area contributed by atoms with Crippen LogP contribution in [0.15, 0.2) is 77.9 Å². The quantitative estimate of drug-likeness (QED) is 0.222. The predicted octanol–water partition coefficient (Wildman–Crippen LogP) is 5.00. The van der Waals surface area contributed by atoms with Crippen LogP contribution in [0.3, 0.4) is 0 Å². The summed E-state index contributed by atoms with van der Waals surface area (Å²) in [6.07, 6.45) is 1.60. The third-order valence-corrected chi connectivity index (χ3v) is 5.37. The van der Waals surface area contributed by atoms with Gasteiger partial charge >= 0.3 is 0 Å². The van der Waals surface area contributed by atoms with Gasteiger partial charge in [0.05, 0.1) is 13.4 Å². The Balaban J connectivity index is 1.53. The van der Waals surface area contributed by atoms with E-state index in [0.29, 0.717) is 12.4 Å². The fourth-order valence-corrected chi connectivity index (χ4v) is 4.53. The van der Waals surface area contributed by atoms with Crippen LogP contribution in [0.1, 0.15) is 11.1 Å². The third-order valence-electron chi connectivity index (χ3n) is 3.76. The van der Waals surface area contributed by atoms with Gasteiger partial charge in [0.15, 0.2) is 6.61 Å². The fourth-order valence-electron chi connectivity index (χ4n) is 2.40. The second kappa shape index (κ2) is 11.1. The number of hydrogen-bond donors (Lipinski definition) is 1. The average molecular weight is 612 g/mol. The zero-order valence-corrected chi connectivity index (χ0v) is 19.7. The lowest BCUT2D eigenvalue weighted by molar-refractivity contribution is -0.123. The summed E-state index contributed by atoms with van der Waals surface area (Å²) in [5.41, 5.74) is 4.46. The molecule has 0 saturated heterocycles. The molecular weight excluding hydrogens is 594 g/mol. The molecule has 1 N–H and O–H groups in total. The number of carbonyl (C=O) groups is 1. The monoisotopic (exact) mass is 612 g/mol. The van der Waals surface area contributed by atoms with Gasteiger partial charge in [0, 0.05) is 0 Å². The Morgan fingerprint density at radius 1 is 0.931 bits per heavy atom. The molecule has 0 aliphatic carbocycles. The van der Waals surface area contributed by atoms with E-state index in [9.17, 15) is 4.79 Å². The zero-order valence-electron chi connectivity index (χ0n) is 15.3. The SMILES string of the molecule is O=C(COc1ccccc1)N/N=C\c1cc(I)c(OCc2ccccc2)c(I)c1. The van der Waals surface area contributed by atoms with Crippen molar-refractivity contribution >= 4 is 57.3 Å². The molecule has 0 fully saturated rings. The Hall–Kier alpha value is -2.14. The molecule has 3 aromatic rings. The molecule has 5 nitrogen and oxygen atoms in total. The van der Waals surface area contributed by atoms with Crippen LogP contribution < -0.4 is 14.9 Å². The highest BCUT2D eigenvalue weighted by atomic mass is 127. The van der Waals surface area contributed by atoms with Crippen molar-refractivity contribution in [2.75, 3.05) is 6.61 Å². The number of hydrazone groups is 1. The summed E-state index contributed by atoms with van der Waals surface area (Å²) in [5, 5.41) is 4.01. The van der Waals surface area contributed by atoms with Crippen LogP contribution in [0.25, 0.3) is 0 Å². The minimum absolute atomic E-state index is 0.0946. The van der Waals surface area contributed by atoms with E-state index in [1.807, 2.05) is 60.7 Å². The van der Waals surface area contributed by atoms with Crippen LogP contribution in [0.5, 0.6) is 11.5 Å². The van der Waals surface area contributed by atoms with Crippen molar-refractivity contribution in [3.8, 4) is 11.5 Å². The van der Waals surface area contributed by atoms with E-state index < -0.39 is 0 Å². The highest BCUT2D eigenvalue weighted by molar-refractivity contribution is 14.1. The summed E-state index contributed by atoms with van der Waals surface area (Å²) in [5.74, 6) is 1.16. The molecule has 0 aliphatic rings. The summed E-state index contributed by atoms with van der Waals surface area (Å²) in [7, 11) is 0. The Labute approximate surface area is 196 Å². The Morgan fingerprint density at radius 2 is 1.55 bits per heavy atom. The molecule has 0 atom stereocenters. The maximum absolute atomic E-state index is 11.8. The predicted molar refractivity (Wildman–Crippen MR) is 130 cm³/mol. The smallest absolute Gasteiger partial charge is 0.277 e. The van der Waals surface area contributed by atoms with Crippen LogP contribution in [-0.2, 0) is 11.4 Å². The number of hydrogen-bond acceptors (Lipinski definition) is 4. The van der Waals surface area contributed by atoms with Crippen molar-refractivity contribution < 1.29 is 14.3 Å². The van der Waals surface area contributed by atoms with Crippen LogP contribution in [0, 0.1) is 7.14 Å². The topological polar surface area (TPSA) is 59.9 Å². The van der Waals surface area contributed by atoms with Crippen LogP contribution >= 0.6 is 45.2 Å². The molecule has 0 unspecified atom stereocenters.